The number of carbonyl (C=O) groups is 1. The standard InChI is InChI=1S/C27H24ClN3O5/c1-31-15-21(26(34)30-12-16-6-8-18(28)9-7-16)25(33)20-11-19(35-27(20)31)13-29-14-22(32)24-10-17-4-2-3-5-23(17)36-24/h2-11,15,22,29,32H,12-14H2,1H3,(H,30,34). The van der Waals surface area contributed by atoms with Gasteiger partial charge in [-0.3, -0.25) is 9.59 Å². The van der Waals surface area contributed by atoms with Crippen LogP contribution in [-0.2, 0) is 20.1 Å². The fraction of sp³-hybridized carbons (Fsp3) is 0.185. The van der Waals surface area contributed by atoms with E-state index in [9.17, 15) is 14.7 Å². The first-order valence-corrected chi connectivity index (χ1v) is 11.8. The maximum atomic E-state index is 13.0. The summed E-state index contributed by atoms with van der Waals surface area (Å²) in [4.78, 5) is 25.7. The van der Waals surface area contributed by atoms with Crippen LogP contribution >= 0.6 is 11.6 Å². The molecule has 1 amide bonds. The monoisotopic (exact) mass is 505 g/mol. The number of amides is 1. The fourth-order valence-electron chi connectivity index (χ4n) is 4.04. The summed E-state index contributed by atoms with van der Waals surface area (Å²) in [5.74, 6) is 0.506. The summed E-state index contributed by atoms with van der Waals surface area (Å²) >= 11 is 5.89. The lowest BCUT2D eigenvalue weighted by molar-refractivity contribution is 0.0949. The molecule has 1 atom stereocenters. The summed E-state index contributed by atoms with van der Waals surface area (Å²) in [5.41, 5.74) is 1.57. The second-order valence-electron chi connectivity index (χ2n) is 8.56. The minimum absolute atomic E-state index is 0.0274. The van der Waals surface area contributed by atoms with Gasteiger partial charge in [0.15, 0.2) is 0 Å². The molecule has 9 heteroatoms. The van der Waals surface area contributed by atoms with Crippen LogP contribution in [0.25, 0.3) is 22.1 Å². The maximum Gasteiger partial charge on any atom is 0.257 e. The minimum Gasteiger partial charge on any atom is -0.458 e. The van der Waals surface area contributed by atoms with Crippen molar-refractivity contribution in [3.05, 3.63) is 105 Å². The van der Waals surface area contributed by atoms with Crippen LogP contribution in [0.4, 0.5) is 0 Å². The van der Waals surface area contributed by atoms with E-state index in [2.05, 4.69) is 10.6 Å². The van der Waals surface area contributed by atoms with Crippen molar-refractivity contribution in [2.75, 3.05) is 6.54 Å². The number of aliphatic hydroxyl groups is 1. The van der Waals surface area contributed by atoms with E-state index in [4.69, 9.17) is 20.4 Å². The highest BCUT2D eigenvalue weighted by Crippen LogP contribution is 2.23. The fourth-order valence-corrected chi connectivity index (χ4v) is 4.17. The molecular formula is C27H24ClN3O5. The Morgan fingerprint density at radius 1 is 1.08 bits per heavy atom. The smallest absolute Gasteiger partial charge is 0.257 e. The highest BCUT2D eigenvalue weighted by molar-refractivity contribution is 6.30. The Hall–Kier alpha value is -3.85. The van der Waals surface area contributed by atoms with Crippen molar-refractivity contribution < 1.29 is 18.7 Å². The number of furan rings is 2. The molecule has 0 aliphatic carbocycles. The molecule has 36 heavy (non-hydrogen) atoms. The normalized spacial score (nSPS) is 12.3. The SMILES string of the molecule is Cn1cc(C(=O)NCc2ccc(Cl)cc2)c(=O)c2cc(CNCC(O)c3cc4ccccc4o3)oc21. The number of aromatic nitrogens is 1. The van der Waals surface area contributed by atoms with Gasteiger partial charge < -0.3 is 29.1 Å². The van der Waals surface area contributed by atoms with E-state index < -0.39 is 17.4 Å². The number of fused-ring (bicyclic) bond motifs is 2. The van der Waals surface area contributed by atoms with E-state index in [0.717, 1.165) is 10.9 Å². The quantitative estimate of drug-likeness (QED) is 0.290. The molecule has 5 aromatic rings. The van der Waals surface area contributed by atoms with Crippen molar-refractivity contribution in [3.8, 4) is 0 Å². The zero-order chi connectivity index (χ0) is 25.2. The Morgan fingerprint density at radius 3 is 2.64 bits per heavy atom. The van der Waals surface area contributed by atoms with Crippen molar-refractivity contribution in [1.82, 2.24) is 15.2 Å². The largest absolute Gasteiger partial charge is 0.458 e. The van der Waals surface area contributed by atoms with Crippen molar-refractivity contribution in [1.29, 1.82) is 0 Å². The molecule has 0 spiro atoms. The predicted molar refractivity (Wildman–Crippen MR) is 137 cm³/mol. The number of hydrogen-bond donors (Lipinski definition) is 3. The van der Waals surface area contributed by atoms with Gasteiger partial charge in [-0.25, -0.2) is 0 Å². The highest BCUT2D eigenvalue weighted by Gasteiger charge is 2.18. The first-order chi connectivity index (χ1) is 17.4. The van der Waals surface area contributed by atoms with Gasteiger partial charge in [-0.05, 0) is 35.9 Å². The van der Waals surface area contributed by atoms with Gasteiger partial charge in [0, 0.05) is 36.7 Å². The lowest BCUT2D eigenvalue weighted by atomic mass is 10.2. The van der Waals surface area contributed by atoms with Crippen LogP contribution in [0.1, 0.15) is 33.5 Å². The number of para-hydroxylation sites is 1. The Kier molecular flexibility index (Phi) is 6.65. The van der Waals surface area contributed by atoms with Crippen LogP contribution in [0.5, 0.6) is 0 Å². The van der Waals surface area contributed by atoms with Crippen LogP contribution in [0.15, 0.2) is 80.5 Å². The van der Waals surface area contributed by atoms with Gasteiger partial charge in [-0.1, -0.05) is 41.9 Å². The van der Waals surface area contributed by atoms with Gasteiger partial charge in [0.05, 0.1) is 11.9 Å². The van der Waals surface area contributed by atoms with Crippen LogP contribution < -0.4 is 16.1 Å². The Morgan fingerprint density at radius 2 is 1.86 bits per heavy atom. The molecule has 3 N–H and O–H groups in total. The molecule has 1 unspecified atom stereocenters. The number of aliphatic hydroxyl groups excluding tert-OH is 1. The zero-order valence-corrected chi connectivity index (χ0v) is 20.2. The van der Waals surface area contributed by atoms with E-state index in [1.165, 1.54) is 6.20 Å². The number of pyridine rings is 1. The van der Waals surface area contributed by atoms with E-state index in [1.54, 1.807) is 29.8 Å². The van der Waals surface area contributed by atoms with Crippen molar-refractivity contribution in [3.63, 3.8) is 0 Å². The number of hydrogen-bond acceptors (Lipinski definition) is 6. The minimum atomic E-state index is -0.844. The molecule has 0 fully saturated rings. The Labute approximate surface area is 211 Å². The van der Waals surface area contributed by atoms with E-state index in [1.807, 2.05) is 42.5 Å². The van der Waals surface area contributed by atoms with Crippen LogP contribution in [0.3, 0.4) is 0 Å². The van der Waals surface area contributed by atoms with Crippen LogP contribution in [0, 0.1) is 0 Å². The van der Waals surface area contributed by atoms with E-state index >= 15 is 0 Å². The highest BCUT2D eigenvalue weighted by atomic mass is 35.5. The first-order valence-electron chi connectivity index (χ1n) is 11.4. The van der Waals surface area contributed by atoms with Gasteiger partial charge in [-0.15, -0.1) is 0 Å². The van der Waals surface area contributed by atoms with Gasteiger partial charge in [0.1, 0.15) is 28.8 Å². The molecule has 0 bridgehead atoms. The number of benzene rings is 2. The second-order valence-corrected chi connectivity index (χ2v) is 8.99. The third kappa shape index (κ3) is 4.92. The molecule has 0 saturated heterocycles. The van der Waals surface area contributed by atoms with Crippen molar-refractivity contribution in [2.24, 2.45) is 7.05 Å². The van der Waals surface area contributed by atoms with E-state index in [-0.39, 0.29) is 25.2 Å². The molecule has 2 aromatic carbocycles. The maximum absolute atomic E-state index is 13.0. The first kappa shape index (κ1) is 23.9. The number of aryl methyl sites for hydroxylation is 1. The third-order valence-electron chi connectivity index (χ3n) is 5.92. The molecule has 0 aliphatic rings. The van der Waals surface area contributed by atoms with Crippen LogP contribution in [0.2, 0.25) is 5.02 Å². The van der Waals surface area contributed by atoms with Crippen LogP contribution in [-0.4, -0.2) is 22.1 Å². The number of halogens is 1. The lowest BCUT2D eigenvalue weighted by Crippen LogP contribution is -2.29. The summed E-state index contributed by atoms with van der Waals surface area (Å²) in [5, 5.41) is 18.2. The Balaban J connectivity index is 1.25. The number of carbonyl (C=O) groups excluding carboxylic acids is 1. The van der Waals surface area contributed by atoms with Gasteiger partial charge in [-0.2, -0.15) is 0 Å². The molecule has 5 rings (SSSR count). The number of nitrogens with zero attached hydrogens (tertiary/aromatic N) is 1. The molecule has 0 saturated carbocycles. The Bertz CT molecular complexity index is 1570. The molecule has 184 valence electrons. The molecule has 3 aromatic heterocycles. The van der Waals surface area contributed by atoms with E-state index in [0.29, 0.717) is 33.2 Å². The zero-order valence-electron chi connectivity index (χ0n) is 19.5. The molecular weight excluding hydrogens is 482 g/mol. The lowest BCUT2D eigenvalue weighted by Gasteiger charge is -2.08. The molecule has 3 heterocycles. The number of nitrogens with one attached hydrogen (secondary N) is 2. The average molecular weight is 506 g/mol. The van der Waals surface area contributed by atoms with Crippen molar-refractivity contribution in [2.45, 2.75) is 19.2 Å². The van der Waals surface area contributed by atoms with Gasteiger partial charge in [0.25, 0.3) is 5.91 Å². The molecule has 0 radical (unpaired) electrons. The second kappa shape index (κ2) is 10.0. The third-order valence-corrected chi connectivity index (χ3v) is 6.17. The van der Waals surface area contributed by atoms with Gasteiger partial charge >= 0.3 is 0 Å². The molecule has 0 aliphatic heterocycles. The summed E-state index contributed by atoms with van der Waals surface area (Å²) in [6.07, 6.45) is 0.623. The van der Waals surface area contributed by atoms with Gasteiger partial charge in [0.2, 0.25) is 11.1 Å². The summed E-state index contributed by atoms with van der Waals surface area (Å²) in [6, 6.07) is 18.1. The number of rotatable bonds is 8. The topological polar surface area (TPSA) is 110 Å². The van der Waals surface area contributed by atoms with Crippen molar-refractivity contribution >= 4 is 39.6 Å². The summed E-state index contributed by atoms with van der Waals surface area (Å²) < 4.78 is 13.2. The predicted octanol–water partition coefficient (Wildman–Crippen LogP) is 4.28. The summed E-state index contributed by atoms with van der Waals surface area (Å²) in [7, 11) is 1.71. The summed E-state index contributed by atoms with van der Waals surface area (Å²) in [6.45, 7) is 0.778. The average Bonchev–Trinajstić information content (AvgIpc) is 3.51. The molecule has 8 nitrogen and oxygen atoms in total.